The van der Waals surface area contributed by atoms with Gasteiger partial charge in [0.2, 0.25) is 0 Å². The van der Waals surface area contributed by atoms with Gasteiger partial charge in [0, 0.05) is 5.69 Å². The Morgan fingerprint density at radius 1 is 1.21 bits per heavy atom. The van der Waals surface area contributed by atoms with Crippen molar-refractivity contribution in [1.29, 1.82) is 5.26 Å². The van der Waals surface area contributed by atoms with Crippen LogP contribution < -0.4 is 9.80 Å². The van der Waals surface area contributed by atoms with Gasteiger partial charge in [0.05, 0.1) is 17.4 Å². The van der Waals surface area contributed by atoms with Crippen LogP contribution in [0.1, 0.15) is 30.5 Å². The van der Waals surface area contributed by atoms with Crippen LogP contribution >= 0.6 is 12.2 Å². The molecule has 0 unspecified atom stereocenters. The molecular formula is C19H13F3N4O2S. The van der Waals surface area contributed by atoms with E-state index < -0.39 is 28.9 Å². The molecule has 29 heavy (non-hydrogen) atoms. The van der Waals surface area contributed by atoms with Gasteiger partial charge in [0.1, 0.15) is 17.4 Å². The molecule has 1 amide bonds. The van der Waals surface area contributed by atoms with Gasteiger partial charge >= 0.3 is 6.18 Å². The highest BCUT2D eigenvalue weighted by atomic mass is 32.1. The van der Waals surface area contributed by atoms with E-state index in [1.165, 1.54) is 18.2 Å². The van der Waals surface area contributed by atoms with Crippen molar-refractivity contribution in [1.82, 2.24) is 4.98 Å². The predicted molar refractivity (Wildman–Crippen MR) is 101 cm³/mol. The van der Waals surface area contributed by atoms with Gasteiger partial charge in [-0.3, -0.25) is 9.69 Å². The molecule has 148 valence electrons. The Balaban J connectivity index is 1.82. The maximum absolute atomic E-state index is 13.3. The van der Waals surface area contributed by atoms with Gasteiger partial charge in [-0.05, 0) is 61.8 Å². The van der Waals surface area contributed by atoms with Gasteiger partial charge < -0.3 is 10.0 Å². The van der Waals surface area contributed by atoms with Gasteiger partial charge in [0.15, 0.2) is 10.8 Å². The monoisotopic (exact) mass is 418 g/mol. The zero-order chi connectivity index (χ0) is 21.0. The number of aromatic hydroxyl groups is 1. The summed E-state index contributed by atoms with van der Waals surface area (Å²) in [6, 6.07) is 8.23. The summed E-state index contributed by atoms with van der Waals surface area (Å²) in [4.78, 5) is 19.5. The number of phenols is 1. The number of nitrogens with zero attached hydrogens (tertiary/aromatic N) is 4. The van der Waals surface area contributed by atoms with Crippen LogP contribution in [-0.4, -0.2) is 26.6 Å². The number of aromatic nitrogens is 1. The number of rotatable bonds is 2. The minimum atomic E-state index is -4.80. The molecule has 1 spiro atoms. The number of nitriles is 1. The van der Waals surface area contributed by atoms with Gasteiger partial charge in [-0.15, -0.1) is 0 Å². The van der Waals surface area contributed by atoms with Crippen LogP contribution in [0.25, 0.3) is 0 Å². The average molecular weight is 418 g/mol. The normalized spacial score (nSPS) is 18.1. The number of hydrogen-bond donors (Lipinski definition) is 1. The van der Waals surface area contributed by atoms with Crippen LogP contribution in [0.5, 0.6) is 5.75 Å². The molecule has 1 saturated carbocycles. The molecule has 2 aromatic rings. The Morgan fingerprint density at radius 2 is 1.86 bits per heavy atom. The molecule has 1 N–H and O–H groups in total. The largest absolute Gasteiger partial charge is 0.508 e. The number of pyridine rings is 1. The van der Waals surface area contributed by atoms with Crippen LogP contribution in [0.15, 0.2) is 36.5 Å². The van der Waals surface area contributed by atoms with Crippen LogP contribution in [-0.2, 0) is 11.0 Å². The van der Waals surface area contributed by atoms with Crippen molar-refractivity contribution in [2.45, 2.75) is 31.0 Å². The van der Waals surface area contributed by atoms with E-state index in [2.05, 4.69) is 4.98 Å². The number of carbonyl (C=O) groups excluding carboxylic acids is 1. The molecular weight excluding hydrogens is 405 g/mol. The van der Waals surface area contributed by atoms with Gasteiger partial charge in [0.25, 0.3) is 5.91 Å². The summed E-state index contributed by atoms with van der Waals surface area (Å²) in [5, 5.41) is 18.5. The Kier molecular flexibility index (Phi) is 4.24. The SMILES string of the molecule is N#Cc1ncc(N2C(=O)C3(CCC3)N(c3ccc(O)cc3)C2=S)cc1C(F)(F)F. The molecule has 10 heteroatoms. The van der Waals surface area contributed by atoms with Crippen molar-refractivity contribution in [2.75, 3.05) is 9.80 Å². The first kappa shape index (κ1) is 19.1. The van der Waals surface area contributed by atoms with E-state index in [1.54, 1.807) is 17.0 Å². The standard InChI is InChI=1S/C19H13F3N4O2S/c20-19(21,22)14-8-12(10-24-15(14)9-23)25-16(28)18(6-1-7-18)26(17(25)29)11-2-4-13(27)5-3-11/h2-5,8,10,27H,1,6-7H2. The Hall–Kier alpha value is -3.19. The lowest BCUT2D eigenvalue weighted by Crippen LogP contribution is -2.55. The van der Waals surface area contributed by atoms with Crippen molar-refractivity contribution in [3.8, 4) is 11.8 Å². The first-order valence-corrected chi connectivity index (χ1v) is 9.05. The fourth-order valence-electron chi connectivity index (χ4n) is 3.69. The molecule has 2 aliphatic rings. The van der Waals surface area contributed by atoms with Crippen LogP contribution in [0.3, 0.4) is 0 Å². The molecule has 0 atom stereocenters. The van der Waals surface area contributed by atoms with E-state index in [-0.39, 0.29) is 16.5 Å². The quantitative estimate of drug-likeness (QED) is 0.749. The number of alkyl halides is 3. The number of anilines is 2. The third-order valence-corrected chi connectivity index (χ3v) is 5.61. The fraction of sp³-hybridized carbons (Fsp3) is 0.263. The molecule has 1 aliphatic heterocycles. The number of phenolic OH excluding ortho intramolecular Hbond substituents is 1. The first-order chi connectivity index (χ1) is 13.7. The second kappa shape index (κ2) is 6.42. The van der Waals surface area contributed by atoms with Gasteiger partial charge in [-0.1, -0.05) is 0 Å². The topological polar surface area (TPSA) is 80.5 Å². The minimum absolute atomic E-state index is 0.0278. The zero-order valence-corrected chi connectivity index (χ0v) is 15.6. The van der Waals surface area contributed by atoms with Crippen molar-refractivity contribution < 1.29 is 23.1 Å². The van der Waals surface area contributed by atoms with Crippen LogP contribution in [0.4, 0.5) is 24.5 Å². The van der Waals surface area contributed by atoms with Gasteiger partial charge in [-0.25, -0.2) is 4.98 Å². The van der Waals surface area contributed by atoms with Crippen LogP contribution in [0, 0.1) is 11.3 Å². The number of benzene rings is 1. The molecule has 0 bridgehead atoms. The second-order valence-corrected chi connectivity index (χ2v) is 7.22. The number of halogens is 3. The molecule has 1 saturated heterocycles. The molecule has 1 aromatic carbocycles. The van der Waals surface area contributed by atoms with Crippen molar-refractivity contribution in [3.63, 3.8) is 0 Å². The lowest BCUT2D eigenvalue weighted by atomic mass is 9.75. The second-order valence-electron chi connectivity index (χ2n) is 6.86. The molecule has 6 nitrogen and oxygen atoms in total. The third kappa shape index (κ3) is 2.81. The number of carbonyl (C=O) groups is 1. The smallest absolute Gasteiger partial charge is 0.419 e. The number of thiocarbonyl (C=S) groups is 1. The van der Waals surface area contributed by atoms with E-state index in [9.17, 15) is 23.1 Å². The lowest BCUT2D eigenvalue weighted by Gasteiger charge is -2.43. The van der Waals surface area contributed by atoms with Crippen LogP contribution in [0.2, 0.25) is 0 Å². The summed E-state index contributed by atoms with van der Waals surface area (Å²) < 4.78 is 40.0. The number of amides is 1. The van der Waals surface area contributed by atoms with Crippen molar-refractivity contribution in [3.05, 3.63) is 47.8 Å². The third-order valence-electron chi connectivity index (χ3n) is 5.24. The molecule has 2 fully saturated rings. The molecule has 1 aliphatic carbocycles. The average Bonchev–Trinajstić information content (AvgIpc) is 2.88. The zero-order valence-electron chi connectivity index (χ0n) is 14.8. The van der Waals surface area contributed by atoms with E-state index in [4.69, 9.17) is 17.5 Å². The summed E-state index contributed by atoms with van der Waals surface area (Å²) in [6.45, 7) is 0. The highest BCUT2D eigenvalue weighted by molar-refractivity contribution is 7.81. The Bertz CT molecular complexity index is 1060. The van der Waals surface area contributed by atoms with E-state index in [0.717, 1.165) is 23.6 Å². The predicted octanol–water partition coefficient (Wildman–Crippen LogP) is 3.74. The first-order valence-electron chi connectivity index (χ1n) is 8.64. The van der Waals surface area contributed by atoms with Gasteiger partial charge in [-0.2, -0.15) is 18.4 Å². The fourth-order valence-corrected chi connectivity index (χ4v) is 4.16. The number of hydrogen-bond acceptors (Lipinski definition) is 5. The maximum Gasteiger partial charge on any atom is 0.419 e. The summed E-state index contributed by atoms with van der Waals surface area (Å²) in [6.07, 6.45) is -1.98. The summed E-state index contributed by atoms with van der Waals surface area (Å²) in [7, 11) is 0. The van der Waals surface area contributed by atoms with E-state index >= 15 is 0 Å². The highest BCUT2D eigenvalue weighted by Gasteiger charge is 2.59. The Morgan fingerprint density at radius 3 is 2.38 bits per heavy atom. The lowest BCUT2D eigenvalue weighted by molar-refractivity contribution is -0.138. The minimum Gasteiger partial charge on any atom is -0.508 e. The summed E-state index contributed by atoms with van der Waals surface area (Å²) in [5.74, 6) is -0.391. The highest BCUT2D eigenvalue weighted by Crippen LogP contribution is 2.48. The van der Waals surface area contributed by atoms with Crippen molar-refractivity contribution >= 4 is 34.6 Å². The van der Waals surface area contributed by atoms with E-state index in [0.29, 0.717) is 18.5 Å². The molecule has 4 rings (SSSR count). The molecule has 2 heterocycles. The molecule has 0 radical (unpaired) electrons. The van der Waals surface area contributed by atoms with E-state index in [1.807, 2.05) is 0 Å². The molecule has 1 aromatic heterocycles. The summed E-state index contributed by atoms with van der Waals surface area (Å²) in [5.41, 5.74) is -2.55. The van der Waals surface area contributed by atoms with Crippen molar-refractivity contribution in [2.24, 2.45) is 0 Å². The maximum atomic E-state index is 13.3. The summed E-state index contributed by atoms with van der Waals surface area (Å²) >= 11 is 5.48. The Labute approximate surface area is 168 Å².